The van der Waals surface area contributed by atoms with E-state index in [9.17, 15) is 4.79 Å². The number of carbonyl (C=O) groups excluding carboxylic acids is 1. The first kappa shape index (κ1) is 22.4. The van der Waals surface area contributed by atoms with Gasteiger partial charge in [-0.05, 0) is 53.9 Å². The number of esters is 1. The smallest absolute Gasteiger partial charge is 0.336 e. The maximum Gasteiger partial charge on any atom is 0.336 e. The van der Waals surface area contributed by atoms with Gasteiger partial charge in [0.15, 0.2) is 5.54 Å². The first-order chi connectivity index (χ1) is 15.1. The minimum Gasteiger partial charge on any atom is -0.497 e. The highest BCUT2D eigenvalue weighted by Gasteiger charge is 2.46. The van der Waals surface area contributed by atoms with Crippen molar-refractivity contribution in [2.45, 2.75) is 32.2 Å². The van der Waals surface area contributed by atoms with Crippen LogP contribution in [0.4, 0.5) is 5.69 Å². The summed E-state index contributed by atoms with van der Waals surface area (Å²) in [5.74, 6) is 0.502. The third-order valence-electron chi connectivity index (χ3n) is 5.74. The third kappa shape index (κ3) is 4.29. The molecule has 162 valence electrons. The molecule has 31 heavy (non-hydrogen) atoms. The molecule has 0 spiro atoms. The Morgan fingerprint density at radius 3 is 2.29 bits per heavy atom. The first-order valence-corrected chi connectivity index (χ1v) is 10.8. The van der Waals surface area contributed by atoms with Crippen molar-refractivity contribution in [2.24, 2.45) is 0 Å². The van der Waals surface area contributed by atoms with Crippen LogP contribution in [0.3, 0.4) is 0 Å². The van der Waals surface area contributed by atoms with Crippen LogP contribution in [-0.4, -0.2) is 26.7 Å². The summed E-state index contributed by atoms with van der Waals surface area (Å²) in [5.41, 5.74) is 0.868. The Morgan fingerprint density at radius 2 is 1.65 bits per heavy atom. The number of nitrogens with zero attached hydrogens (tertiary/aromatic N) is 1. The molecule has 3 aromatic carbocycles. The van der Waals surface area contributed by atoms with Gasteiger partial charge in [0.05, 0.1) is 14.2 Å². The molecule has 0 heterocycles. The molecule has 1 unspecified atom stereocenters. The largest absolute Gasteiger partial charge is 0.497 e. The molecule has 0 radical (unpaired) electrons. The number of allylic oxidation sites excluding steroid dienone is 1. The predicted molar refractivity (Wildman–Crippen MR) is 128 cm³/mol. The Hall–Kier alpha value is -3.27. The van der Waals surface area contributed by atoms with Gasteiger partial charge in [0.2, 0.25) is 0 Å². The molecule has 0 N–H and O–H groups in total. The van der Waals surface area contributed by atoms with Crippen LogP contribution in [-0.2, 0) is 15.1 Å². The van der Waals surface area contributed by atoms with E-state index < -0.39 is 5.54 Å². The molecule has 0 bridgehead atoms. The maximum absolute atomic E-state index is 13.6. The summed E-state index contributed by atoms with van der Waals surface area (Å²) < 4.78 is 10.8. The highest BCUT2D eigenvalue weighted by atomic mass is 16.5. The summed E-state index contributed by atoms with van der Waals surface area (Å²) in [7, 11) is 3.12. The zero-order valence-corrected chi connectivity index (χ0v) is 18.8. The second kappa shape index (κ2) is 10.2. The lowest BCUT2D eigenvalue weighted by molar-refractivity contribution is -0.147. The Balaban J connectivity index is 2.32. The van der Waals surface area contributed by atoms with Crippen LogP contribution in [0.1, 0.15) is 32.3 Å². The molecule has 0 saturated carbocycles. The van der Waals surface area contributed by atoms with Gasteiger partial charge in [0, 0.05) is 18.7 Å². The molecule has 4 nitrogen and oxygen atoms in total. The Labute approximate surface area is 185 Å². The molecule has 0 saturated heterocycles. The van der Waals surface area contributed by atoms with Gasteiger partial charge in [-0.1, -0.05) is 61.5 Å². The van der Waals surface area contributed by atoms with Gasteiger partial charge in [-0.25, -0.2) is 4.79 Å². The van der Waals surface area contributed by atoms with E-state index in [1.807, 2.05) is 48.5 Å². The topological polar surface area (TPSA) is 38.8 Å². The van der Waals surface area contributed by atoms with E-state index in [2.05, 4.69) is 49.1 Å². The average molecular weight is 418 g/mol. The summed E-state index contributed by atoms with van der Waals surface area (Å²) in [6.07, 6.45) is 5.60. The van der Waals surface area contributed by atoms with Crippen LogP contribution in [0, 0.1) is 0 Å². The summed E-state index contributed by atoms with van der Waals surface area (Å²) in [5, 5.41) is 2.14. The second-order valence-corrected chi connectivity index (χ2v) is 7.40. The highest BCUT2D eigenvalue weighted by molar-refractivity contribution is 5.96. The SMILES string of the molecule is CC/C=C\CC(C(=O)OC)(c1cccc2ccccc12)N(CC)c1ccc(OC)cc1. The Kier molecular flexibility index (Phi) is 7.35. The number of carbonyl (C=O) groups is 1. The molecule has 0 fully saturated rings. The first-order valence-electron chi connectivity index (χ1n) is 10.8. The highest BCUT2D eigenvalue weighted by Crippen LogP contribution is 2.41. The van der Waals surface area contributed by atoms with Crippen LogP contribution in [0.15, 0.2) is 78.9 Å². The van der Waals surface area contributed by atoms with E-state index in [0.29, 0.717) is 13.0 Å². The Bertz CT molecular complexity index is 1040. The van der Waals surface area contributed by atoms with Crippen LogP contribution in [0.25, 0.3) is 10.8 Å². The average Bonchev–Trinajstić information content (AvgIpc) is 2.83. The van der Waals surface area contributed by atoms with Crippen LogP contribution < -0.4 is 9.64 Å². The van der Waals surface area contributed by atoms with E-state index in [0.717, 1.165) is 34.2 Å². The minimum absolute atomic E-state index is 0.276. The van der Waals surface area contributed by atoms with Gasteiger partial charge in [0.25, 0.3) is 0 Å². The van der Waals surface area contributed by atoms with Crippen molar-refractivity contribution in [1.82, 2.24) is 0 Å². The fourth-order valence-electron chi connectivity index (χ4n) is 4.28. The van der Waals surface area contributed by atoms with Crippen LogP contribution in [0.2, 0.25) is 0 Å². The van der Waals surface area contributed by atoms with Gasteiger partial charge in [-0.2, -0.15) is 0 Å². The number of hydrogen-bond donors (Lipinski definition) is 0. The summed E-state index contributed by atoms with van der Waals surface area (Å²) in [6, 6.07) is 22.2. The van der Waals surface area contributed by atoms with E-state index in [1.165, 1.54) is 7.11 Å². The monoisotopic (exact) mass is 417 g/mol. The van der Waals surface area contributed by atoms with Crippen molar-refractivity contribution in [1.29, 1.82) is 0 Å². The van der Waals surface area contributed by atoms with Crippen LogP contribution in [0.5, 0.6) is 5.75 Å². The van der Waals surface area contributed by atoms with Crippen LogP contribution >= 0.6 is 0 Å². The molecular formula is C27H31NO3. The van der Waals surface area contributed by atoms with Crippen molar-refractivity contribution in [3.8, 4) is 5.75 Å². The number of fused-ring (bicyclic) bond motifs is 1. The summed E-state index contributed by atoms with van der Waals surface area (Å²) >= 11 is 0. The van der Waals surface area contributed by atoms with E-state index in [-0.39, 0.29) is 5.97 Å². The molecule has 0 amide bonds. The lowest BCUT2D eigenvalue weighted by Gasteiger charge is -2.43. The number of ether oxygens (including phenoxy) is 2. The minimum atomic E-state index is -1.01. The van der Waals surface area contributed by atoms with Crippen molar-refractivity contribution in [2.75, 3.05) is 25.7 Å². The summed E-state index contributed by atoms with van der Waals surface area (Å²) in [4.78, 5) is 15.8. The number of anilines is 1. The fraction of sp³-hybridized carbons (Fsp3) is 0.296. The second-order valence-electron chi connectivity index (χ2n) is 7.40. The predicted octanol–water partition coefficient (Wildman–Crippen LogP) is 6.10. The number of hydrogen-bond acceptors (Lipinski definition) is 4. The van der Waals surface area contributed by atoms with E-state index in [1.54, 1.807) is 7.11 Å². The number of likely N-dealkylation sites (N-methyl/N-ethyl adjacent to an activating group) is 1. The fourth-order valence-corrected chi connectivity index (χ4v) is 4.28. The molecule has 3 aromatic rings. The van der Waals surface area contributed by atoms with Crippen molar-refractivity contribution >= 4 is 22.4 Å². The summed E-state index contributed by atoms with van der Waals surface area (Å²) in [6.45, 7) is 4.79. The lowest BCUT2D eigenvalue weighted by atomic mass is 9.81. The standard InChI is InChI=1S/C27H31NO3/c1-5-7-10-20-27(26(29)31-4,25-15-11-13-21-12-8-9-14-24(21)25)28(6-2)22-16-18-23(30-3)19-17-22/h7-19H,5-6,20H2,1-4H3/b10-7-. The molecule has 0 aliphatic heterocycles. The number of benzene rings is 3. The normalized spacial score (nSPS) is 13.2. The lowest BCUT2D eigenvalue weighted by Crippen LogP contribution is -2.53. The molecule has 0 aliphatic carbocycles. The van der Waals surface area contributed by atoms with Crippen molar-refractivity contribution < 1.29 is 14.3 Å². The number of rotatable bonds is 9. The molecule has 0 aromatic heterocycles. The van der Waals surface area contributed by atoms with E-state index >= 15 is 0 Å². The zero-order chi connectivity index (χ0) is 22.3. The van der Waals surface area contributed by atoms with Gasteiger partial charge in [-0.15, -0.1) is 0 Å². The number of methoxy groups -OCH3 is 2. The molecule has 4 heteroatoms. The Morgan fingerprint density at radius 1 is 0.935 bits per heavy atom. The molecular weight excluding hydrogens is 386 g/mol. The molecule has 0 aliphatic rings. The molecule has 3 rings (SSSR count). The quantitative estimate of drug-likeness (QED) is 0.311. The van der Waals surface area contributed by atoms with Gasteiger partial charge >= 0.3 is 5.97 Å². The zero-order valence-electron chi connectivity index (χ0n) is 18.8. The van der Waals surface area contributed by atoms with Crippen molar-refractivity contribution in [3.63, 3.8) is 0 Å². The van der Waals surface area contributed by atoms with Crippen molar-refractivity contribution in [3.05, 3.63) is 84.4 Å². The van der Waals surface area contributed by atoms with Gasteiger partial charge in [0.1, 0.15) is 5.75 Å². The van der Waals surface area contributed by atoms with Gasteiger partial charge < -0.3 is 14.4 Å². The van der Waals surface area contributed by atoms with Gasteiger partial charge in [-0.3, -0.25) is 0 Å². The third-order valence-corrected chi connectivity index (χ3v) is 5.74. The maximum atomic E-state index is 13.6. The molecule has 1 atom stereocenters. The van der Waals surface area contributed by atoms with E-state index in [4.69, 9.17) is 9.47 Å².